The van der Waals surface area contributed by atoms with E-state index in [0.29, 0.717) is 28.3 Å². The zero-order chi connectivity index (χ0) is 19.2. The Morgan fingerprint density at radius 3 is 1.74 bits per heavy atom. The van der Waals surface area contributed by atoms with Crippen LogP contribution in [0.25, 0.3) is 0 Å². The van der Waals surface area contributed by atoms with Gasteiger partial charge in [0.25, 0.3) is 11.8 Å². The van der Waals surface area contributed by atoms with Crippen molar-refractivity contribution in [1.29, 1.82) is 0 Å². The average molecular weight is 364 g/mol. The molecule has 0 saturated carbocycles. The quantitative estimate of drug-likeness (QED) is 0.708. The fourth-order valence-corrected chi connectivity index (χ4v) is 2.42. The van der Waals surface area contributed by atoms with Crippen molar-refractivity contribution in [2.45, 2.75) is 0 Å². The molecule has 3 rings (SSSR count). The van der Waals surface area contributed by atoms with Crippen molar-refractivity contribution in [1.82, 2.24) is 0 Å². The summed E-state index contributed by atoms with van der Waals surface area (Å²) in [6.07, 6.45) is 0. The van der Waals surface area contributed by atoms with Gasteiger partial charge in [-0.15, -0.1) is 0 Å². The average Bonchev–Trinajstić information content (AvgIpc) is 2.70. The number of carbonyl (C=O) groups is 2. The number of ether oxygens (including phenoxy) is 1. The fraction of sp³-hybridized carbons (Fsp3) is 0.0476. The Morgan fingerprint density at radius 1 is 0.778 bits per heavy atom. The van der Waals surface area contributed by atoms with Gasteiger partial charge in [-0.3, -0.25) is 9.59 Å². The molecule has 5 nitrogen and oxygen atoms in total. The first-order valence-corrected chi connectivity index (χ1v) is 8.17. The summed E-state index contributed by atoms with van der Waals surface area (Å²) in [5.74, 6) is -0.421. The van der Waals surface area contributed by atoms with Crippen LogP contribution < -0.4 is 15.4 Å². The topological polar surface area (TPSA) is 67.4 Å². The highest BCUT2D eigenvalue weighted by Crippen LogP contribution is 2.17. The van der Waals surface area contributed by atoms with E-state index in [0.717, 1.165) is 0 Å². The lowest BCUT2D eigenvalue weighted by molar-refractivity contribution is 0.102. The summed E-state index contributed by atoms with van der Waals surface area (Å²) in [6.45, 7) is 0. The van der Waals surface area contributed by atoms with Gasteiger partial charge in [-0.05, 0) is 66.7 Å². The zero-order valence-electron chi connectivity index (χ0n) is 14.5. The number of rotatable bonds is 5. The predicted octanol–water partition coefficient (Wildman–Crippen LogP) is 4.34. The van der Waals surface area contributed by atoms with Crippen molar-refractivity contribution in [2.24, 2.45) is 0 Å². The lowest BCUT2D eigenvalue weighted by atomic mass is 10.1. The molecule has 2 N–H and O–H groups in total. The molecular formula is C21H17FN2O3. The van der Waals surface area contributed by atoms with Gasteiger partial charge < -0.3 is 15.4 Å². The molecule has 2 amide bonds. The van der Waals surface area contributed by atoms with Gasteiger partial charge in [-0.1, -0.05) is 6.07 Å². The van der Waals surface area contributed by atoms with Crippen molar-refractivity contribution in [2.75, 3.05) is 17.7 Å². The number of amides is 2. The zero-order valence-corrected chi connectivity index (χ0v) is 14.5. The van der Waals surface area contributed by atoms with E-state index < -0.39 is 0 Å². The summed E-state index contributed by atoms with van der Waals surface area (Å²) in [5, 5.41) is 5.43. The maximum atomic E-state index is 12.9. The smallest absolute Gasteiger partial charge is 0.255 e. The molecule has 0 unspecified atom stereocenters. The van der Waals surface area contributed by atoms with E-state index in [9.17, 15) is 14.0 Å². The number of hydrogen-bond donors (Lipinski definition) is 2. The van der Waals surface area contributed by atoms with E-state index in [1.165, 1.54) is 30.3 Å². The van der Waals surface area contributed by atoms with Crippen LogP contribution in [0.4, 0.5) is 15.8 Å². The Bertz CT molecular complexity index is 954. The maximum absolute atomic E-state index is 12.9. The Morgan fingerprint density at radius 2 is 1.26 bits per heavy atom. The molecule has 3 aromatic rings. The van der Waals surface area contributed by atoms with Crippen molar-refractivity contribution in [3.05, 3.63) is 89.7 Å². The Hall–Kier alpha value is -3.67. The van der Waals surface area contributed by atoms with Crippen molar-refractivity contribution in [3.63, 3.8) is 0 Å². The monoisotopic (exact) mass is 364 g/mol. The van der Waals surface area contributed by atoms with Gasteiger partial charge in [0.2, 0.25) is 0 Å². The largest absolute Gasteiger partial charge is 0.497 e. The lowest BCUT2D eigenvalue weighted by Crippen LogP contribution is -2.15. The molecule has 0 fully saturated rings. The number of methoxy groups -OCH3 is 1. The Balaban J connectivity index is 1.70. The highest BCUT2D eigenvalue weighted by atomic mass is 19.1. The molecule has 27 heavy (non-hydrogen) atoms. The van der Waals surface area contributed by atoms with Crippen LogP contribution in [0.15, 0.2) is 72.8 Å². The first-order valence-electron chi connectivity index (χ1n) is 8.17. The number of nitrogens with one attached hydrogen (secondary N) is 2. The minimum Gasteiger partial charge on any atom is -0.497 e. The number of anilines is 2. The van der Waals surface area contributed by atoms with Gasteiger partial charge in [-0.25, -0.2) is 4.39 Å². The van der Waals surface area contributed by atoms with Gasteiger partial charge >= 0.3 is 0 Å². The van der Waals surface area contributed by atoms with Gasteiger partial charge in [0, 0.05) is 22.5 Å². The van der Waals surface area contributed by atoms with Gasteiger partial charge in [0.05, 0.1) is 7.11 Å². The highest BCUT2D eigenvalue weighted by Gasteiger charge is 2.11. The number of halogens is 1. The summed E-state index contributed by atoms with van der Waals surface area (Å²) in [7, 11) is 1.57. The summed E-state index contributed by atoms with van der Waals surface area (Å²) >= 11 is 0. The van der Waals surface area contributed by atoms with Gasteiger partial charge in [0.15, 0.2) is 0 Å². The Kier molecular flexibility index (Phi) is 5.47. The van der Waals surface area contributed by atoms with Crippen LogP contribution in [-0.2, 0) is 0 Å². The van der Waals surface area contributed by atoms with E-state index in [4.69, 9.17) is 4.74 Å². The van der Waals surface area contributed by atoms with E-state index in [1.807, 2.05) is 0 Å². The molecule has 0 radical (unpaired) electrons. The van der Waals surface area contributed by atoms with Crippen LogP contribution in [0.1, 0.15) is 20.7 Å². The van der Waals surface area contributed by atoms with E-state index in [-0.39, 0.29) is 17.6 Å². The molecule has 0 spiro atoms. The molecule has 0 aromatic heterocycles. The third kappa shape index (κ3) is 4.70. The first-order chi connectivity index (χ1) is 13.0. The number of carbonyl (C=O) groups excluding carboxylic acids is 2. The lowest BCUT2D eigenvalue weighted by Gasteiger charge is -2.09. The molecule has 0 heterocycles. The predicted molar refractivity (Wildman–Crippen MR) is 102 cm³/mol. The normalized spacial score (nSPS) is 10.1. The molecule has 0 saturated heterocycles. The van der Waals surface area contributed by atoms with Crippen molar-refractivity contribution >= 4 is 23.2 Å². The van der Waals surface area contributed by atoms with Crippen LogP contribution in [0.5, 0.6) is 5.75 Å². The maximum Gasteiger partial charge on any atom is 0.255 e. The summed E-state index contributed by atoms with van der Waals surface area (Å²) in [4.78, 5) is 24.8. The summed E-state index contributed by atoms with van der Waals surface area (Å²) in [5.41, 5.74) is 1.75. The van der Waals surface area contributed by atoms with Crippen LogP contribution in [0, 0.1) is 5.82 Å². The van der Waals surface area contributed by atoms with E-state index >= 15 is 0 Å². The minimum absolute atomic E-state index is 0.321. The van der Waals surface area contributed by atoms with Crippen LogP contribution in [-0.4, -0.2) is 18.9 Å². The number of benzene rings is 3. The second-order valence-electron chi connectivity index (χ2n) is 5.72. The molecule has 0 aliphatic rings. The SMILES string of the molecule is COc1ccc(NC(=O)c2cccc(C(=O)Nc3ccc(F)cc3)c2)cc1. The molecule has 3 aromatic carbocycles. The van der Waals surface area contributed by atoms with Crippen LogP contribution in [0.3, 0.4) is 0 Å². The molecule has 6 heteroatoms. The number of hydrogen-bond acceptors (Lipinski definition) is 3. The second kappa shape index (κ2) is 8.14. The Labute approximate surface area is 155 Å². The molecule has 0 aliphatic heterocycles. The van der Waals surface area contributed by atoms with Crippen molar-refractivity contribution < 1.29 is 18.7 Å². The summed E-state index contributed by atoms with van der Waals surface area (Å²) < 4.78 is 18.0. The molecular weight excluding hydrogens is 347 g/mol. The van der Waals surface area contributed by atoms with E-state index in [1.54, 1.807) is 49.6 Å². The summed E-state index contributed by atoms with van der Waals surface area (Å²) in [6, 6.07) is 18.7. The third-order valence-corrected chi connectivity index (χ3v) is 3.84. The molecule has 0 aliphatic carbocycles. The minimum atomic E-state index is -0.388. The van der Waals surface area contributed by atoms with E-state index in [2.05, 4.69) is 10.6 Å². The second-order valence-corrected chi connectivity index (χ2v) is 5.72. The van der Waals surface area contributed by atoms with Crippen LogP contribution >= 0.6 is 0 Å². The third-order valence-electron chi connectivity index (χ3n) is 3.84. The molecule has 136 valence electrons. The van der Waals surface area contributed by atoms with Crippen LogP contribution in [0.2, 0.25) is 0 Å². The van der Waals surface area contributed by atoms with Gasteiger partial charge in [0.1, 0.15) is 11.6 Å². The van der Waals surface area contributed by atoms with Gasteiger partial charge in [-0.2, -0.15) is 0 Å². The molecule has 0 atom stereocenters. The fourth-order valence-electron chi connectivity index (χ4n) is 2.42. The highest BCUT2D eigenvalue weighted by molar-refractivity contribution is 6.08. The standard InChI is InChI=1S/C21H17FN2O3/c1-27-19-11-9-18(10-12-19)24-21(26)15-4-2-3-14(13-15)20(25)23-17-7-5-16(22)6-8-17/h2-13H,1H3,(H,23,25)(H,24,26). The first kappa shape index (κ1) is 18.1. The van der Waals surface area contributed by atoms with Crippen molar-refractivity contribution in [3.8, 4) is 5.75 Å². The molecule has 0 bridgehead atoms.